The second-order valence-corrected chi connectivity index (χ2v) is 7.67. The van der Waals surface area contributed by atoms with Crippen LogP contribution in [0.15, 0.2) is 78.9 Å². The van der Waals surface area contributed by atoms with Crippen molar-refractivity contribution in [2.24, 2.45) is 0 Å². The number of carbonyl (C=O) groups is 1. The summed E-state index contributed by atoms with van der Waals surface area (Å²) in [6.45, 7) is 3.17. The zero-order valence-corrected chi connectivity index (χ0v) is 16.9. The van der Waals surface area contributed by atoms with Crippen molar-refractivity contribution >= 4 is 17.7 Å². The minimum absolute atomic E-state index is 0.0974. The maximum absolute atomic E-state index is 12.6. The van der Waals surface area contributed by atoms with Gasteiger partial charge in [0.1, 0.15) is 12.4 Å². The molecule has 0 bridgehead atoms. The van der Waals surface area contributed by atoms with Gasteiger partial charge in [0.25, 0.3) is 5.91 Å². The summed E-state index contributed by atoms with van der Waals surface area (Å²) in [7, 11) is 0. The first kappa shape index (κ1) is 20.0. The van der Waals surface area contributed by atoms with Crippen molar-refractivity contribution < 1.29 is 9.53 Å². The van der Waals surface area contributed by atoms with Crippen molar-refractivity contribution in [3.63, 3.8) is 0 Å². The molecule has 0 unspecified atom stereocenters. The van der Waals surface area contributed by atoms with E-state index in [2.05, 4.69) is 36.5 Å². The molecule has 0 aliphatic rings. The molecule has 3 aromatic rings. The van der Waals surface area contributed by atoms with E-state index < -0.39 is 0 Å². The predicted molar refractivity (Wildman–Crippen MR) is 117 cm³/mol. The van der Waals surface area contributed by atoms with Crippen LogP contribution in [0.4, 0.5) is 0 Å². The van der Waals surface area contributed by atoms with E-state index in [1.807, 2.05) is 60.3 Å². The van der Waals surface area contributed by atoms with Crippen LogP contribution in [-0.4, -0.2) is 18.2 Å². The van der Waals surface area contributed by atoms with Crippen LogP contribution in [0.5, 0.6) is 5.75 Å². The quantitative estimate of drug-likeness (QED) is 0.507. The van der Waals surface area contributed by atoms with Gasteiger partial charge in [-0.2, -0.15) is 11.8 Å². The van der Waals surface area contributed by atoms with Crippen LogP contribution < -0.4 is 10.1 Å². The molecule has 4 heteroatoms. The second kappa shape index (κ2) is 10.6. The summed E-state index contributed by atoms with van der Waals surface area (Å²) in [6.07, 6.45) is 0. The molecule has 0 aliphatic carbocycles. The van der Waals surface area contributed by atoms with E-state index in [1.165, 1.54) is 11.1 Å². The normalized spacial score (nSPS) is 10.5. The van der Waals surface area contributed by atoms with Crippen LogP contribution in [-0.2, 0) is 12.4 Å². The molecule has 0 fully saturated rings. The maximum atomic E-state index is 12.6. The molecule has 0 heterocycles. The van der Waals surface area contributed by atoms with Crippen LogP contribution in [0, 0.1) is 6.92 Å². The fourth-order valence-corrected chi connectivity index (χ4v) is 3.65. The van der Waals surface area contributed by atoms with E-state index in [9.17, 15) is 4.79 Å². The van der Waals surface area contributed by atoms with Gasteiger partial charge in [0.15, 0.2) is 0 Å². The molecule has 3 nitrogen and oxygen atoms in total. The molecule has 0 spiro atoms. The number of thioether (sulfide) groups is 1. The molecule has 0 radical (unpaired) electrons. The Morgan fingerprint density at radius 2 is 1.68 bits per heavy atom. The van der Waals surface area contributed by atoms with Gasteiger partial charge in [-0.1, -0.05) is 72.3 Å². The van der Waals surface area contributed by atoms with Gasteiger partial charge in [0.05, 0.1) is 5.56 Å². The molecule has 0 aliphatic heterocycles. The fourth-order valence-electron chi connectivity index (χ4n) is 2.84. The number of hydrogen-bond donors (Lipinski definition) is 1. The van der Waals surface area contributed by atoms with Crippen molar-refractivity contribution in [2.75, 3.05) is 12.3 Å². The summed E-state index contributed by atoms with van der Waals surface area (Å²) in [5.74, 6) is 2.33. The maximum Gasteiger partial charge on any atom is 0.255 e. The summed E-state index contributed by atoms with van der Waals surface area (Å²) in [5, 5.41) is 3.00. The molecule has 1 amide bonds. The van der Waals surface area contributed by atoms with Gasteiger partial charge in [0.2, 0.25) is 0 Å². The van der Waals surface area contributed by atoms with E-state index in [0.717, 1.165) is 17.1 Å². The number of ether oxygens (including phenoxy) is 1. The highest BCUT2D eigenvalue weighted by atomic mass is 32.2. The van der Waals surface area contributed by atoms with E-state index in [-0.39, 0.29) is 5.91 Å². The summed E-state index contributed by atoms with van der Waals surface area (Å²) >= 11 is 1.82. The average Bonchev–Trinajstić information content (AvgIpc) is 2.73. The highest BCUT2D eigenvalue weighted by Gasteiger charge is 2.11. The zero-order chi connectivity index (χ0) is 19.6. The minimum atomic E-state index is -0.0974. The van der Waals surface area contributed by atoms with Gasteiger partial charge in [-0.25, -0.2) is 0 Å². The van der Waals surface area contributed by atoms with Gasteiger partial charge < -0.3 is 10.1 Å². The number of carbonyl (C=O) groups excluding carboxylic acids is 1. The monoisotopic (exact) mass is 391 g/mol. The summed E-state index contributed by atoms with van der Waals surface area (Å²) in [4.78, 5) is 12.6. The van der Waals surface area contributed by atoms with Gasteiger partial charge >= 0.3 is 0 Å². The minimum Gasteiger partial charge on any atom is -0.488 e. The second-order valence-electron chi connectivity index (χ2n) is 6.57. The fraction of sp³-hybridized carbons (Fsp3) is 0.208. The number of aryl methyl sites for hydroxylation is 1. The smallest absolute Gasteiger partial charge is 0.255 e. The van der Waals surface area contributed by atoms with Crippen LogP contribution in [0.25, 0.3) is 0 Å². The van der Waals surface area contributed by atoms with E-state index in [4.69, 9.17) is 4.74 Å². The van der Waals surface area contributed by atoms with Gasteiger partial charge in [-0.3, -0.25) is 4.79 Å². The van der Waals surface area contributed by atoms with Crippen molar-refractivity contribution in [1.29, 1.82) is 0 Å². The van der Waals surface area contributed by atoms with Gasteiger partial charge in [-0.15, -0.1) is 0 Å². The first-order valence-electron chi connectivity index (χ1n) is 9.39. The Bertz CT molecular complexity index is 896. The number of amides is 1. The lowest BCUT2D eigenvalue weighted by molar-refractivity contribution is 0.0951. The molecule has 3 aromatic carbocycles. The highest BCUT2D eigenvalue weighted by Crippen LogP contribution is 2.19. The van der Waals surface area contributed by atoms with E-state index in [0.29, 0.717) is 24.5 Å². The molecule has 0 atom stereocenters. The molecule has 0 saturated heterocycles. The molecule has 0 saturated carbocycles. The summed E-state index contributed by atoms with van der Waals surface area (Å²) < 4.78 is 5.87. The number of para-hydroxylation sites is 1. The molecular weight excluding hydrogens is 366 g/mol. The van der Waals surface area contributed by atoms with Crippen molar-refractivity contribution in [3.05, 3.63) is 101 Å². The molecular formula is C24H25NO2S. The number of rotatable bonds is 9. The summed E-state index contributed by atoms with van der Waals surface area (Å²) in [5.41, 5.74) is 4.24. The van der Waals surface area contributed by atoms with E-state index in [1.54, 1.807) is 6.07 Å². The van der Waals surface area contributed by atoms with Crippen LogP contribution in [0.1, 0.15) is 27.0 Å². The lowest BCUT2D eigenvalue weighted by Crippen LogP contribution is -2.26. The Kier molecular flexibility index (Phi) is 7.56. The summed E-state index contributed by atoms with van der Waals surface area (Å²) in [6, 6.07) is 25.9. The number of nitrogens with one attached hydrogen (secondary N) is 1. The molecule has 0 aromatic heterocycles. The third kappa shape index (κ3) is 6.17. The zero-order valence-electron chi connectivity index (χ0n) is 16.1. The number of hydrogen-bond acceptors (Lipinski definition) is 3. The van der Waals surface area contributed by atoms with Crippen molar-refractivity contribution in [2.45, 2.75) is 19.3 Å². The molecule has 1 N–H and O–H groups in total. The van der Waals surface area contributed by atoms with Crippen molar-refractivity contribution in [1.82, 2.24) is 5.32 Å². The first-order chi connectivity index (χ1) is 13.7. The Hall–Kier alpha value is -2.72. The standard InChI is InChI=1S/C24H25NO2S/c1-19-8-7-11-21(16-19)18-28-15-14-25-24(26)22-12-5-6-13-23(22)27-17-20-9-3-2-4-10-20/h2-13,16H,14-15,17-18H2,1H3,(H,25,26). The average molecular weight is 392 g/mol. The SMILES string of the molecule is Cc1cccc(CSCCNC(=O)c2ccccc2OCc2ccccc2)c1. The Morgan fingerprint density at radius 1 is 0.929 bits per heavy atom. The van der Waals surface area contributed by atoms with Crippen molar-refractivity contribution in [3.8, 4) is 5.75 Å². The largest absolute Gasteiger partial charge is 0.488 e. The Morgan fingerprint density at radius 3 is 2.50 bits per heavy atom. The lowest BCUT2D eigenvalue weighted by atomic mass is 10.2. The van der Waals surface area contributed by atoms with Crippen LogP contribution >= 0.6 is 11.8 Å². The molecule has 28 heavy (non-hydrogen) atoms. The first-order valence-corrected chi connectivity index (χ1v) is 10.5. The van der Waals surface area contributed by atoms with E-state index >= 15 is 0 Å². The Balaban J connectivity index is 1.46. The van der Waals surface area contributed by atoms with Crippen LogP contribution in [0.3, 0.4) is 0 Å². The van der Waals surface area contributed by atoms with Gasteiger partial charge in [0, 0.05) is 18.1 Å². The topological polar surface area (TPSA) is 38.3 Å². The van der Waals surface area contributed by atoms with Crippen LogP contribution in [0.2, 0.25) is 0 Å². The third-order valence-corrected chi connectivity index (χ3v) is 5.28. The lowest BCUT2D eigenvalue weighted by Gasteiger charge is -2.12. The molecule has 144 valence electrons. The Labute approximate surface area is 171 Å². The van der Waals surface area contributed by atoms with Gasteiger partial charge in [-0.05, 0) is 30.2 Å². The predicted octanol–water partition coefficient (Wildman–Crippen LogP) is 5.24. The molecule has 3 rings (SSSR count). The highest BCUT2D eigenvalue weighted by molar-refractivity contribution is 7.98. The number of benzene rings is 3. The third-order valence-electron chi connectivity index (χ3n) is 4.25.